The zero-order valence-electron chi connectivity index (χ0n) is 12.0. The molecule has 2 amide bonds. The van der Waals surface area contributed by atoms with Crippen LogP contribution >= 0.6 is 0 Å². The van der Waals surface area contributed by atoms with E-state index in [2.05, 4.69) is 10.9 Å². The highest BCUT2D eigenvalue weighted by Crippen LogP contribution is 2.03. The Kier molecular flexibility index (Phi) is 5.65. The van der Waals surface area contributed by atoms with Crippen molar-refractivity contribution >= 4 is 11.8 Å². The molecule has 2 rings (SSSR count). The Hall–Kier alpha value is -2.69. The fourth-order valence-electron chi connectivity index (χ4n) is 1.94. The fraction of sp³-hybridized carbons (Fsp3) is 0.176. The van der Waals surface area contributed by atoms with Crippen LogP contribution in [0, 0.1) is 5.82 Å². The van der Waals surface area contributed by atoms with Gasteiger partial charge in [0, 0.05) is 6.42 Å². The van der Waals surface area contributed by atoms with E-state index in [4.69, 9.17) is 0 Å². The van der Waals surface area contributed by atoms with Crippen LogP contribution < -0.4 is 10.9 Å². The van der Waals surface area contributed by atoms with Crippen LogP contribution in [0.25, 0.3) is 0 Å². The first-order valence-corrected chi connectivity index (χ1v) is 6.99. The molecule has 2 aromatic rings. The number of hydrazine groups is 1. The number of hydrogen-bond donors (Lipinski definition) is 2. The van der Waals surface area contributed by atoms with E-state index >= 15 is 0 Å². The number of nitrogens with one attached hydrogen (secondary N) is 2. The maximum Gasteiger partial charge on any atom is 0.242 e. The van der Waals surface area contributed by atoms with E-state index in [0.717, 1.165) is 5.56 Å². The van der Waals surface area contributed by atoms with Gasteiger partial charge in [-0.2, -0.15) is 0 Å². The van der Waals surface area contributed by atoms with E-state index in [-0.39, 0.29) is 24.1 Å². The van der Waals surface area contributed by atoms with Crippen molar-refractivity contribution in [3.8, 4) is 0 Å². The average Bonchev–Trinajstić information content (AvgIpc) is 2.54. The first-order valence-electron chi connectivity index (χ1n) is 6.99. The van der Waals surface area contributed by atoms with Gasteiger partial charge in [0.2, 0.25) is 11.8 Å². The standard InChI is InChI=1S/C17H17FN2O2/c18-15-9-6-14(7-10-15)12-17(22)20-19-16(21)11-8-13-4-2-1-3-5-13/h1-7,9-10H,8,11-12H2,(H,19,21)(H,20,22). The molecule has 0 saturated heterocycles. The van der Waals surface area contributed by atoms with Crippen LogP contribution in [0.3, 0.4) is 0 Å². The SMILES string of the molecule is O=C(CCc1ccccc1)NNC(=O)Cc1ccc(F)cc1. The van der Waals surface area contributed by atoms with Crippen LogP contribution in [0.15, 0.2) is 54.6 Å². The monoisotopic (exact) mass is 300 g/mol. The number of halogens is 1. The van der Waals surface area contributed by atoms with Crippen molar-refractivity contribution in [2.24, 2.45) is 0 Å². The van der Waals surface area contributed by atoms with Gasteiger partial charge in [0.05, 0.1) is 6.42 Å². The molecular formula is C17H17FN2O2. The summed E-state index contributed by atoms with van der Waals surface area (Å²) in [6.45, 7) is 0. The first-order chi connectivity index (χ1) is 10.6. The molecule has 114 valence electrons. The molecule has 2 N–H and O–H groups in total. The average molecular weight is 300 g/mol. The normalized spacial score (nSPS) is 10.0. The Bertz CT molecular complexity index is 627. The van der Waals surface area contributed by atoms with Crippen molar-refractivity contribution in [3.63, 3.8) is 0 Å². The van der Waals surface area contributed by atoms with Crippen LogP contribution in [0.4, 0.5) is 4.39 Å². The molecule has 0 aromatic heterocycles. The highest BCUT2D eigenvalue weighted by molar-refractivity contribution is 5.83. The van der Waals surface area contributed by atoms with E-state index in [1.807, 2.05) is 30.3 Å². The molecule has 0 saturated carbocycles. The fourth-order valence-corrected chi connectivity index (χ4v) is 1.94. The minimum Gasteiger partial charge on any atom is -0.273 e. The number of aryl methyl sites for hydroxylation is 1. The van der Waals surface area contributed by atoms with Gasteiger partial charge in [-0.3, -0.25) is 20.4 Å². The van der Waals surface area contributed by atoms with Crippen LogP contribution in [0.1, 0.15) is 17.5 Å². The Balaban J connectivity index is 1.69. The van der Waals surface area contributed by atoms with Crippen LogP contribution in [0.2, 0.25) is 0 Å². The second kappa shape index (κ2) is 7.93. The highest BCUT2D eigenvalue weighted by Gasteiger charge is 2.06. The molecule has 0 unspecified atom stereocenters. The number of rotatable bonds is 5. The van der Waals surface area contributed by atoms with Gasteiger partial charge in [0.1, 0.15) is 5.82 Å². The second-order valence-electron chi connectivity index (χ2n) is 4.89. The van der Waals surface area contributed by atoms with Gasteiger partial charge in [0.25, 0.3) is 0 Å². The third-order valence-electron chi connectivity index (χ3n) is 3.10. The van der Waals surface area contributed by atoms with Gasteiger partial charge in [0.15, 0.2) is 0 Å². The number of carbonyl (C=O) groups is 2. The number of amides is 2. The number of carbonyl (C=O) groups excluding carboxylic acids is 2. The van der Waals surface area contributed by atoms with E-state index in [1.54, 1.807) is 0 Å². The van der Waals surface area contributed by atoms with Crippen LogP contribution in [0.5, 0.6) is 0 Å². The Morgan fingerprint density at radius 1 is 0.818 bits per heavy atom. The summed E-state index contributed by atoms with van der Waals surface area (Å²) in [5.74, 6) is -0.950. The minimum atomic E-state index is -0.349. The molecule has 0 atom stereocenters. The molecule has 4 nitrogen and oxygen atoms in total. The van der Waals surface area contributed by atoms with Gasteiger partial charge in [-0.25, -0.2) is 4.39 Å². The molecule has 0 bridgehead atoms. The predicted molar refractivity (Wildman–Crippen MR) is 81.2 cm³/mol. The highest BCUT2D eigenvalue weighted by atomic mass is 19.1. The quantitative estimate of drug-likeness (QED) is 0.831. The van der Waals surface area contributed by atoms with Crippen LogP contribution in [-0.2, 0) is 22.4 Å². The molecule has 0 aliphatic heterocycles. The van der Waals surface area contributed by atoms with Crippen molar-refractivity contribution in [1.29, 1.82) is 0 Å². The predicted octanol–water partition coefficient (Wildman–Crippen LogP) is 2.15. The molecule has 0 aliphatic carbocycles. The molecule has 0 spiro atoms. The van der Waals surface area contributed by atoms with Gasteiger partial charge < -0.3 is 0 Å². The van der Waals surface area contributed by atoms with E-state index in [0.29, 0.717) is 18.4 Å². The summed E-state index contributed by atoms with van der Waals surface area (Å²) in [6, 6.07) is 15.3. The van der Waals surface area contributed by atoms with Gasteiger partial charge in [-0.05, 0) is 29.7 Å². The summed E-state index contributed by atoms with van der Waals surface area (Å²) >= 11 is 0. The summed E-state index contributed by atoms with van der Waals surface area (Å²) in [7, 11) is 0. The topological polar surface area (TPSA) is 58.2 Å². The maximum atomic E-state index is 12.7. The molecular weight excluding hydrogens is 283 g/mol. The summed E-state index contributed by atoms with van der Waals surface area (Å²) in [6.07, 6.45) is 0.987. The summed E-state index contributed by atoms with van der Waals surface area (Å²) in [5, 5.41) is 0. The zero-order valence-corrected chi connectivity index (χ0v) is 12.0. The van der Waals surface area contributed by atoms with E-state index in [9.17, 15) is 14.0 Å². The van der Waals surface area contributed by atoms with E-state index in [1.165, 1.54) is 24.3 Å². The van der Waals surface area contributed by atoms with Crippen molar-refractivity contribution in [2.75, 3.05) is 0 Å². The molecule has 0 radical (unpaired) electrons. The Morgan fingerprint density at radius 3 is 2.14 bits per heavy atom. The van der Waals surface area contributed by atoms with Crippen molar-refractivity contribution in [1.82, 2.24) is 10.9 Å². The minimum absolute atomic E-state index is 0.0826. The van der Waals surface area contributed by atoms with Crippen molar-refractivity contribution in [3.05, 3.63) is 71.5 Å². The van der Waals surface area contributed by atoms with Crippen molar-refractivity contribution in [2.45, 2.75) is 19.3 Å². The lowest BCUT2D eigenvalue weighted by Crippen LogP contribution is -2.42. The van der Waals surface area contributed by atoms with E-state index < -0.39 is 0 Å². The van der Waals surface area contributed by atoms with Crippen molar-refractivity contribution < 1.29 is 14.0 Å². The number of hydrogen-bond acceptors (Lipinski definition) is 2. The molecule has 0 heterocycles. The third kappa shape index (κ3) is 5.36. The summed E-state index contributed by atoms with van der Waals surface area (Å²) in [5.41, 5.74) is 6.46. The van der Waals surface area contributed by atoms with Gasteiger partial charge >= 0.3 is 0 Å². The lowest BCUT2D eigenvalue weighted by molar-refractivity contribution is -0.128. The zero-order chi connectivity index (χ0) is 15.8. The molecule has 5 heteroatoms. The lowest BCUT2D eigenvalue weighted by atomic mass is 10.1. The Labute approximate surface area is 128 Å². The second-order valence-corrected chi connectivity index (χ2v) is 4.89. The first kappa shape index (κ1) is 15.7. The smallest absolute Gasteiger partial charge is 0.242 e. The molecule has 22 heavy (non-hydrogen) atoms. The third-order valence-corrected chi connectivity index (χ3v) is 3.10. The molecule has 2 aromatic carbocycles. The lowest BCUT2D eigenvalue weighted by Gasteiger charge is -2.07. The van der Waals surface area contributed by atoms with Crippen LogP contribution in [-0.4, -0.2) is 11.8 Å². The molecule has 0 fully saturated rings. The maximum absolute atomic E-state index is 12.7. The molecule has 0 aliphatic rings. The number of benzene rings is 2. The summed E-state index contributed by atoms with van der Waals surface area (Å²) < 4.78 is 12.7. The summed E-state index contributed by atoms with van der Waals surface area (Å²) in [4.78, 5) is 23.3. The van der Waals surface area contributed by atoms with Gasteiger partial charge in [-0.1, -0.05) is 42.5 Å². The Morgan fingerprint density at radius 2 is 1.45 bits per heavy atom. The van der Waals surface area contributed by atoms with Gasteiger partial charge in [-0.15, -0.1) is 0 Å². The largest absolute Gasteiger partial charge is 0.273 e.